The lowest BCUT2D eigenvalue weighted by molar-refractivity contribution is 0.366. The molecule has 0 atom stereocenters. The molecule has 0 aliphatic rings. The number of methoxy groups -OCH3 is 1. The first-order valence-electron chi connectivity index (χ1n) is 5.90. The Kier molecular flexibility index (Phi) is 3.75. The third-order valence-electron chi connectivity index (χ3n) is 2.64. The number of thioether (sulfide) groups is 1. The number of nitrogens with zero attached hydrogens (tertiary/aromatic N) is 4. The van der Waals surface area contributed by atoms with Gasteiger partial charge in [0.05, 0.1) is 7.11 Å². The highest BCUT2D eigenvalue weighted by Crippen LogP contribution is 2.22. The smallest absolute Gasteiger partial charge is 0.320 e. The first-order chi connectivity index (χ1) is 9.76. The van der Waals surface area contributed by atoms with Crippen molar-refractivity contribution in [3.05, 3.63) is 47.1 Å². The number of fused-ring (bicyclic) bond motifs is 1. The molecule has 0 spiro atoms. The van der Waals surface area contributed by atoms with Gasteiger partial charge in [-0.25, -0.2) is 4.98 Å². The Morgan fingerprint density at radius 2 is 2.05 bits per heavy atom. The second-order valence-electron chi connectivity index (χ2n) is 4.00. The summed E-state index contributed by atoms with van der Waals surface area (Å²) in [5.41, 5.74) is 1.84. The molecule has 102 valence electrons. The molecule has 3 rings (SSSR count). The van der Waals surface area contributed by atoms with E-state index in [1.165, 1.54) is 12.7 Å². The SMILES string of the molecule is COc1nc(Cl)cc2nc(SCc3ccccc3)nn12. The van der Waals surface area contributed by atoms with Gasteiger partial charge in [-0.05, 0) is 5.56 Å². The number of benzene rings is 1. The zero-order valence-corrected chi connectivity index (χ0v) is 12.2. The van der Waals surface area contributed by atoms with Gasteiger partial charge in [-0.2, -0.15) is 9.50 Å². The molecule has 0 radical (unpaired) electrons. The maximum absolute atomic E-state index is 5.91. The van der Waals surface area contributed by atoms with Crippen LogP contribution >= 0.6 is 23.4 Å². The first kappa shape index (κ1) is 13.2. The highest BCUT2D eigenvalue weighted by atomic mass is 35.5. The minimum absolute atomic E-state index is 0.326. The van der Waals surface area contributed by atoms with Crippen LogP contribution in [0.15, 0.2) is 41.6 Å². The summed E-state index contributed by atoms with van der Waals surface area (Å²) in [6.07, 6.45) is 0. The Bertz CT molecular complexity index is 732. The summed E-state index contributed by atoms with van der Waals surface area (Å²) >= 11 is 7.46. The van der Waals surface area contributed by atoms with Crippen molar-refractivity contribution in [3.8, 4) is 6.01 Å². The van der Waals surface area contributed by atoms with E-state index in [-0.39, 0.29) is 0 Å². The van der Waals surface area contributed by atoms with E-state index in [0.717, 1.165) is 5.75 Å². The summed E-state index contributed by atoms with van der Waals surface area (Å²) in [4.78, 5) is 8.45. The third kappa shape index (κ3) is 2.71. The summed E-state index contributed by atoms with van der Waals surface area (Å²) in [5, 5.41) is 5.36. The van der Waals surface area contributed by atoms with Gasteiger partial charge in [-0.15, -0.1) is 5.10 Å². The predicted molar refractivity (Wildman–Crippen MR) is 78.3 cm³/mol. The fourth-order valence-electron chi connectivity index (χ4n) is 1.73. The zero-order valence-electron chi connectivity index (χ0n) is 10.7. The van der Waals surface area contributed by atoms with E-state index in [0.29, 0.717) is 22.0 Å². The van der Waals surface area contributed by atoms with E-state index in [1.54, 1.807) is 22.3 Å². The Hall–Kier alpha value is -1.79. The number of halogens is 1. The quantitative estimate of drug-likeness (QED) is 0.547. The average Bonchev–Trinajstić information content (AvgIpc) is 2.88. The Balaban J connectivity index is 1.86. The first-order valence-corrected chi connectivity index (χ1v) is 7.26. The van der Waals surface area contributed by atoms with Crippen LogP contribution < -0.4 is 4.74 Å². The molecule has 2 aromatic heterocycles. The number of hydrogen-bond acceptors (Lipinski definition) is 5. The third-order valence-corrected chi connectivity index (χ3v) is 3.74. The molecular weight excluding hydrogens is 296 g/mol. The summed E-state index contributed by atoms with van der Waals surface area (Å²) in [7, 11) is 1.52. The van der Waals surface area contributed by atoms with Gasteiger partial charge >= 0.3 is 6.01 Å². The molecule has 0 saturated heterocycles. The molecule has 3 aromatic rings. The van der Waals surface area contributed by atoms with E-state index in [1.807, 2.05) is 18.2 Å². The fraction of sp³-hybridized carbons (Fsp3) is 0.154. The second kappa shape index (κ2) is 5.68. The molecule has 0 N–H and O–H groups in total. The average molecular weight is 307 g/mol. The number of rotatable bonds is 4. The maximum Gasteiger partial charge on any atom is 0.320 e. The molecule has 0 amide bonds. The Morgan fingerprint density at radius 3 is 2.80 bits per heavy atom. The van der Waals surface area contributed by atoms with Gasteiger partial charge in [0.15, 0.2) is 5.65 Å². The zero-order chi connectivity index (χ0) is 13.9. The number of ether oxygens (including phenoxy) is 1. The normalized spacial score (nSPS) is 10.9. The van der Waals surface area contributed by atoms with Gasteiger partial charge in [0, 0.05) is 11.8 Å². The summed E-state index contributed by atoms with van der Waals surface area (Å²) < 4.78 is 6.68. The van der Waals surface area contributed by atoms with E-state index < -0.39 is 0 Å². The summed E-state index contributed by atoms with van der Waals surface area (Å²) in [6, 6.07) is 12.1. The minimum atomic E-state index is 0.326. The fourth-order valence-corrected chi connectivity index (χ4v) is 2.69. The molecule has 0 bridgehead atoms. The van der Waals surface area contributed by atoms with Crippen molar-refractivity contribution in [1.29, 1.82) is 0 Å². The van der Waals surface area contributed by atoms with Gasteiger partial charge in [-0.3, -0.25) is 0 Å². The van der Waals surface area contributed by atoms with Crippen molar-refractivity contribution in [2.75, 3.05) is 7.11 Å². The highest BCUT2D eigenvalue weighted by molar-refractivity contribution is 7.98. The summed E-state index contributed by atoms with van der Waals surface area (Å²) in [5.74, 6) is 0.807. The van der Waals surface area contributed by atoms with Crippen LogP contribution in [0.4, 0.5) is 0 Å². The second-order valence-corrected chi connectivity index (χ2v) is 5.33. The van der Waals surface area contributed by atoms with Gasteiger partial charge in [0.2, 0.25) is 5.16 Å². The predicted octanol–water partition coefficient (Wildman–Crippen LogP) is 3.08. The van der Waals surface area contributed by atoms with Gasteiger partial charge < -0.3 is 4.74 Å². The molecule has 0 fully saturated rings. The van der Waals surface area contributed by atoms with E-state index in [9.17, 15) is 0 Å². The molecule has 0 aliphatic heterocycles. The van der Waals surface area contributed by atoms with Crippen molar-refractivity contribution in [1.82, 2.24) is 19.6 Å². The van der Waals surface area contributed by atoms with Crippen LogP contribution in [0.25, 0.3) is 5.65 Å². The monoisotopic (exact) mass is 306 g/mol. The Morgan fingerprint density at radius 1 is 1.25 bits per heavy atom. The standard InChI is InChI=1S/C13H11ClN4OS/c1-19-13-15-10(14)7-11-16-12(17-18(11)13)20-8-9-5-3-2-4-6-9/h2-7H,8H2,1H3. The van der Waals surface area contributed by atoms with E-state index >= 15 is 0 Å². The molecule has 1 aromatic carbocycles. The molecule has 0 aliphatic carbocycles. The van der Waals surface area contributed by atoms with E-state index in [4.69, 9.17) is 16.3 Å². The Labute approximate surface area is 125 Å². The highest BCUT2D eigenvalue weighted by Gasteiger charge is 2.11. The van der Waals surface area contributed by atoms with Crippen LogP contribution in [0.3, 0.4) is 0 Å². The minimum Gasteiger partial charge on any atom is -0.467 e. The van der Waals surface area contributed by atoms with Crippen LogP contribution in [0.1, 0.15) is 5.56 Å². The molecule has 0 saturated carbocycles. The van der Waals surface area contributed by atoms with Crippen LogP contribution in [-0.2, 0) is 5.75 Å². The van der Waals surface area contributed by atoms with Gasteiger partial charge in [0.25, 0.3) is 0 Å². The van der Waals surface area contributed by atoms with E-state index in [2.05, 4.69) is 27.2 Å². The summed E-state index contributed by atoms with van der Waals surface area (Å²) in [6.45, 7) is 0. The lowest BCUT2D eigenvalue weighted by Crippen LogP contribution is -1.98. The maximum atomic E-state index is 5.91. The van der Waals surface area contributed by atoms with Gasteiger partial charge in [0.1, 0.15) is 5.15 Å². The molecule has 20 heavy (non-hydrogen) atoms. The molecule has 5 nitrogen and oxygen atoms in total. The van der Waals surface area contributed by atoms with Crippen LogP contribution in [-0.4, -0.2) is 26.7 Å². The van der Waals surface area contributed by atoms with Crippen LogP contribution in [0, 0.1) is 0 Å². The molecule has 0 unspecified atom stereocenters. The number of hydrogen-bond donors (Lipinski definition) is 0. The van der Waals surface area contributed by atoms with Crippen LogP contribution in [0.2, 0.25) is 5.15 Å². The topological polar surface area (TPSA) is 52.3 Å². The van der Waals surface area contributed by atoms with Crippen molar-refractivity contribution in [2.45, 2.75) is 10.9 Å². The van der Waals surface area contributed by atoms with Gasteiger partial charge in [-0.1, -0.05) is 53.7 Å². The molecular formula is C13H11ClN4OS. The van der Waals surface area contributed by atoms with Crippen molar-refractivity contribution >= 4 is 29.0 Å². The largest absolute Gasteiger partial charge is 0.467 e. The molecule has 7 heteroatoms. The van der Waals surface area contributed by atoms with Crippen molar-refractivity contribution < 1.29 is 4.74 Å². The lowest BCUT2D eigenvalue weighted by Gasteiger charge is -2.00. The lowest BCUT2D eigenvalue weighted by atomic mass is 10.2. The van der Waals surface area contributed by atoms with Crippen molar-refractivity contribution in [3.63, 3.8) is 0 Å². The molecule has 2 heterocycles. The van der Waals surface area contributed by atoms with Crippen molar-refractivity contribution in [2.24, 2.45) is 0 Å². The number of aromatic nitrogens is 4. The van der Waals surface area contributed by atoms with Crippen LogP contribution in [0.5, 0.6) is 6.01 Å².